The zero-order valence-corrected chi connectivity index (χ0v) is 14.2. The summed E-state index contributed by atoms with van der Waals surface area (Å²) >= 11 is 9.33. The molecular formula is C16H8BrClF3NO2. The Hall–Kier alpha value is -1.86. The van der Waals surface area contributed by atoms with E-state index < -0.39 is 23.4 Å². The Kier molecular flexibility index (Phi) is 4.17. The smallest absolute Gasteiger partial charge is 0.300 e. The van der Waals surface area contributed by atoms with Crippen molar-refractivity contribution in [2.45, 2.75) is 12.7 Å². The molecule has 0 saturated carbocycles. The summed E-state index contributed by atoms with van der Waals surface area (Å²) in [6, 6.07) is 7.56. The Morgan fingerprint density at radius 1 is 1.08 bits per heavy atom. The Morgan fingerprint density at radius 3 is 2.42 bits per heavy atom. The zero-order valence-electron chi connectivity index (χ0n) is 11.8. The molecule has 0 aliphatic carbocycles. The maximum atomic E-state index is 12.9. The van der Waals surface area contributed by atoms with Gasteiger partial charge in [0, 0.05) is 9.50 Å². The summed E-state index contributed by atoms with van der Waals surface area (Å²) < 4.78 is 39.4. The fraction of sp³-hybridized carbons (Fsp3) is 0.125. The summed E-state index contributed by atoms with van der Waals surface area (Å²) in [6.07, 6.45) is -4.56. The Balaban J connectivity index is 2.04. The molecule has 1 aliphatic rings. The largest absolute Gasteiger partial charge is 0.416 e. The van der Waals surface area contributed by atoms with Crippen molar-refractivity contribution < 1.29 is 22.8 Å². The van der Waals surface area contributed by atoms with Crippen molar-refractivity contribution in [3.63, 3.8) is 0 Å². The van der Waals surface area contributed by atoms with Gasteiger partial charge in [-0.25, -0.2) is 0 Å². The molecule has 124 valence electrons. The van der Waals surface area contributed by atoms with Crippen LogP contribution < -0.4 is 4.90 Å². The number of carbonyl (C=O) groups excluding carboxylic acids is 2. The summed E-state index contributed by atoms with van der Waals surface area (Å²) in [6.45, 7) is -0.0923. The molecule has 1 amide bonds. The topological polar surface area (TPSA) is 37.4 Å². The molecule has 0 unspecified atom stereocenters. The molecule has 3 rings (SSSR count). The first-order valence-corrected chi connectivity index (χ1v) is 7.87. The highest BCUT2D eigenvalue weighted by Gasteiger charge is 2.39. The highest BCUT2D eigenvalue weighted by molar-refractivity contribution is 9.10. The molecule has 1 aliphatic heterocycles. The number of fused-ring (bicyclic) bond motifs is 1. The Morgan fingerprint density at radius 2 is 1.79 bits per heavy atom. The van der Waals surface area contributed by atoms with Gasteiger partial charge >= 0.3 is 6.18 Å². The molecule has 0 N–H and O–H groups in total. The number of benzene rings is 2. The molecule has 0 spiro atoms. The number of halogens is 5. The molecule has 0 radical (unpaired) electrons. The highest BCUT2D eigenvalue weighted by Crippen LogP contribution is 2.37. The average Bonchev–Trinajstić information content (AvgIpc) is 2.73. The molecule has 0 fully saturated rings. The Labute approximate surface area is 148 Å². The second-order valence-electron chi connectivity index (χ2n) is 5.19. The van der Waals surface area contributed by atoms with Crippen molar-refractivity contribution >= 4 is 44.9 Å². The van der Waals surface area contributed by atoms with E-state index in [-0.39, 0.29) is 17.8 Å². The van der Waals surface area contributed by atoms with Gasteiger partial charge in [0.1, 0.15) is 0 Å². The third-order valence-electron chi connectivity index (χ3n) is 3.64. The number of rotatable bonds is 2. The fourth-order valence-electron chi connectivity index (χ4n) is 2.45. The van der Waals surface area contributed by atoms with Gasteiger partial charge in [-0.1, -0.05) is 33.6 Å². The van der Waals surface area contributed by atoms with Crippen LogP contribution in [0.4, 0.5) is 18.9 Å². The van der Waals surface area contributed by atoms with Crippen LogP contribution in [0.3, 0.4) is 0 Å². The minimum Gasteiger partial charge on any atom is -0.300 e. The van der Waals surface area contributed by atoms with Crippen LogP contribution in [0.15, 0.2) is 40.9 Å². The van der Waals surface area contributed by atoms with Crippen LogP contribution in [-0.4, -0.2) is 11.7 Å². The quantitative estimate of drug-likeness (QED) is 0.654. The van der Waals surface area contributed by atoms with E-state index in [0.29, 0.717) is 10.6 Å². The van der Waals surface area contributed by atoms with Gasteiger partial charge in [-0.05, 0) is 35.9 Å². The molecule has 0 saturated heterocycles. The lowest BCUT2D eigenvalue weighted by Gasteiger charge is -2.18. The molecule has 2 aromatic carbocycles. The van der Waals surface area contributed by atoms with Gasteiger partial charge in [0.05, 0.1) is 23.4 Å². The van der Waals surface area contributed by atoms with Gasteiger partial charge in [-0.15, -0.1) is 0 Å². The molecule has 0 aromatic heterocycles. The van der Waals surface area contributed by atoms with Crippen molar-refractivity contribution in [1.82, 2.24) is 0 Å². The van der Waals surface area contributed by atoms with E-state index in [1.807, 2.05) is 0 Å². The number of hydrogen-bond donors (Lipinski definition) is 0. The average molecular weight is 419 g/mol. The van der Waals surface area contributed by atoms with Crippen LogP contribution in [0.25, 0.3) is 0 Å². The molecule has 1 heterocycles. The summed E-state index contributed by atoms with van der Waals surface area (Å²) in [5.41, 5.74) is -0.498. The second kappa shape index (κ2) is 5.89. The molecule has 3 nitrogen and oxygen atoms in total. The molecule has 24 heavy (non-hydrogen) atoms. The lowest BCUT2D eigenvalue weighted by atomic mass is 10.1. The normalized spacial score (nSPS) is 14.3. The minimum absolute atomic E-state index is 0.0405. The lowest BCUT2D eigenvalue weighted by Crippen LogP contribution is -2.29. The van der Waals surface area contributed by atoms with Crippen LogP contribution in [0.1, 0.15) is 21.5 Å². The highest BCUT2D eigenvalue weighted by atomic mass is 79.9. The number of nitrogens with zero attached hydrogens (tertiary/aromatic N) is 1. The SMILES string of the molecule is O=C1C(=O)N(Cc2ccc(Br)cc2Cl)c2cc(C(F)(F)F)ccc21. The van der Waals surface area contributed by atoms with E-state index in [9.17, 15) is 22.8 Å². The zero-order chi connectivity index (χ0) is 17.6. The number of Topliss-reactive ketones (excluding diaryl/α,β-unsaturated/α-hetero) is 1. The van der Waals surface area contributed by atoms with E-state index in [2.05, 4.69) is 15.9 Å². The van der Waals surface area contributed by atoms with Gasteiger partial charge in [0.2, 0.25) is 0 Å². The molecule has 8 heteroatoms. The predicted octanol–water partition coefficient (Wildman–Crippen LogP) is 4.85. The number of carbonyl (C=O) groups is 2. The minimum atomic E-state index is -4.56. The standard InChI is InChI=1S/C16H8BrClF3NO2/c17-10-3-1-8(12(18)6-10)7-22-13-5-9(16(19,20)21)2-4-11(13)14(23)15(22)24/h1-6H,7H2. The van der Waals surface area contributed by atoms with Crippen molar-refractivity contribution in [3.05, 3.63) is 62.6 Å². The van der Waals surface area contributed by atoms with Crippen molar-refractivity contribution in [2.24, 2.45) is 0 Å². The number of ketones is 1. The van der Waals surface area contributed by atoms with Crippen LogP contribution in [0.2, 0.25) is 5.02 Å². The maximum Gasteiger partial charge on any atom is 0.416 e. The number of hydrogen-bond acceptors (Lipinski definition) is 2. The molecule has 0 atom stereocenters. The molecular weight excluding hydrogens is 411 g/mol. The third kappa shape index (κ3) is 2.93. The van der Waals surface area contributed by atoms with Gasteiger partial charge in [0.25, 0.3) is 11.7 Å². The van der Waals surface area contributed by atoms with E-state index in [1.54, 1.807) is 18.2 Å². The van der Waals surface area contributed by atoms with Gasteiger partial charge in [-0.3, -0.25) is 9.59 Å². The van der Waals surface area contributed by atoms with Gasteiger partial charge < -0.3 is 4.90 Å². The molecule has 2 aromatic rings. The first-order chi connectivity index (χ1) is 11.2. The summed E-state index contributed by atoms with van der Waals surface area (Å²) in [5.74, 6) is -1.70. The third-order valence-corrected chi connectivity index (χ3v) is 4.49. The van der Waals surface area contributed by atoms with E-state index in [4.69, 9.17) is 11.6 Å². The van der Waals surface area contributed by atoms with Gasteiger partial charge in [-0.2, -0.15) is 13.2 Å². The Bertz CT molecular complexity index is 867. The summed E-state index contributed by atoms with van der Waals surface area (Å²) in [5, 5.41) is 0.338. The predicted molar refractivity (Wildman–Crippen MR) is 86.1 cm³/mol. The van der Waals surface area contributed by atoms with Crippen molar-refractivity contribution in [3.8, 4) is 0 Å². The monoisotopic (exact) mass is 417 g/mol. The number of alkyl halides is 3. The summed E-state index contributed by atoms with van der Waals surface area (Å²) in [7, 11) is 0. The first-order valence-electron chi connectivity index (χ1n) is 6.70. The van der Waals surface area contributed by atoms with Crippen LogP contribution in [0, 0.1) is 0 Å². The number of anilines is 1. The first kappa shape index (κ1) is 17.0. The van der Waals surface area contributed by atoms with Crippen LogP contribution in [-0.2, 0) is 17.5 Å². The number of amides is 1. The second-order valence-corrected chi connectivity index (χ2v) is 6.51. The van der Waals surface area contributed by atoms with Gasteiger partial charge in [0.15, 0.2) is 0 Å². The van der Waals surface area contributed by atoms with E-state index >= 15 is 0 Å². The van der Waals surface area contributed by atoms with E-state index in [0.717, 1.165) is 27.6 Å². The van der Waals surface area contributed by atoms with Crippen LogP contribution >= 0.6 is 27.5 Å². The lowest BCUT2D eigenvalue weighted by molar-refractivity contribution is -0.137. The van der Waals surface area contributed by atoms with E-state index in [1.165, 1.54) is 0 Å². The van der Waals surface area contributed by atoms with Crippen LogP contribution in [0.5, 0.6) is 0 Å². The fourth-order valence-corrected chi connectivity index (χ4v) is 3.18. The van der Waals surface area contributed by atoms with Crippen molar-refractivity contribution in [2.75, 3.05) is 4.90 Å². The summed E-state index contributed by atoms with van der Waals surface area (Å²) in [4.78, 5) is 25.1. The molecule has 0 bridgehead atoms. The van der Waals surface area contributed by atoms with Crippen molar-refractivity contribution in [1.29, 1.82) is 0 Å². The maximum absolute atomic E-state index is 12.9.